The molecule has 2 aliphatic rings. The number of amides is 1. The van der Waals surface area contributed by atoms with Gasteiger partial charge in [-0.15, -0.1) is 0 Å². The summed E-state index contributed by atoms with van der Waals surface area (Å²) in [5.41, 5.74) is -0.879. The summed E-state index contributed by atoms with van der Waals surface area (Å²) in [6.07, 6.45) is 0.0263. The van der Waals surface area contributed by atoms with Crippen LogP contribution in [0, 0.1) is 5.82 Å². The fourth-order valence-electron chi connectivity index (χ4n) is 4.60. The summed E-state index contributed by atoms with van der Waals surface area (Å²) in [6, 6.07) is 5.23. The van der Waals surface area contributed by atoms with Gasteiger partial charge in [0, 0.05) is 32.2 Å². The summed E-state index contributed by atoms with van der Waals surface area (Å²) in [7, 11) is 1.51. The molecule has 2 saturated heterocycles. The Balaban J connectivity index is 1.48. The Kier molecular flexibility index (Phi) is 5.72. The number of rotatable bonds is 5. The summed E-state index contributed by atoms with van der Waals surface area (Å²) in [5, 5.41) is 3.32. The maximum Gasteiger partial charge on any atom is 0.266 e. The van der Waals surface area contributed by atoms with E-state index in [9.17, 15) is 22.8 Å². The summed E-state index contributed by atoms with van der Waals surface area (Å²) in [6.45, 7) is 0.719. The van der Waals surface area contributed by atoms with Gasteiger partial charge in [0.1, 0.15) is 29.2 Å². The summed E-state index contributed by atoms with van der Waals surface area (Å²) >= 11 is 0. The van der Waals surface area contributed by atoms with E-state index in [1.165, 1.54) is 36.1 Å². The number of nitrogens with zero attached hydrogens (tertiary/aromatic N) is 4. The smallest absolute Gasteiger partial charge is 0.266 e. The lowest BCUT2D eigenvalue weighted by Gasteiger charge is -2.32. The molecule has 4 heterocycles. The molecule has 2 bridgehead atoms. The van der Waals surface area contributed by atoms with Crippen LogP contribution in [0.3, 0.4) is 0 Å². The van der Waals surface area contributed by atoms with E-state index in [4.69, 9.17) is 4.74 Å². The Bertz CT molecular complexity index is 1320. The molecule has 2 unspecified atom stereocenters. The van der Waals surface area contributed by atoms with E-state index in [0.29, 0.717) is 18.5 Å². The van der Waals surface area contributed by atoms with Crippen molar-refractivity contribution in [2.75, 3.05) is 18.4 Å². The number of pyridine rings is 1. The van der Waals surface area contributed by atoms with Crippen molar-refractivity contribution in [1.82, 2.24) is 19.4 Å². The molecule has 2 aliphatic heterocycles. The van der Waals surface area contributed by atoms with Crippen LogP contribution < -0.4 is 10.9 Å². The maximum atomic E-state index is 14.4. The number of aryl methyl sites for hydroxylation is 1. The number of aromatic nitrogens is 3. The number of hydrogen-bond donors (Lipinski definition) is 1. The second kappa shape index (κ2) is 8.71. The van der Waals surface area contributed by atoms with Crippen molar-refractivity contribution in [2.24, 2.45) is 7.05 Å². The van der Waals surface area contributed by atoms with Gasteiger partial charge in [0.05, 0.1) is 23.2 Å². The number of hydrogen-bond acceptors (Lipinski definition) is 6. The van der Waals surface area contributed by atoms with Crippen LogP contribution in [0.2, 0.25) is 0 Å². The Hall–Kier alpha value is -3.47. The maximum absolute atomic E-state index is 14.4. The first kappa shape index (κ1) is 22.3. The van der Waals surface area contributed by atoms with Gasteiger partial charge in [-0.25, -0.2) is 23.1 Å². The summed E-state index contributed by atoms with van der Waals surface area (Å²) < 4.78 is 47.5. The number of nitrogens with one attached hydrogen (secondary N) is 1. The van der Waals surface area contributed by atoms with Crippen LogP contribution in [0.15, 0.2) is 35.4 Å². The third-order valence-electron chi connectivity index (χ3n) is 6.36. The Morgan fingerprint density at radius 2 is 1.97 bits per heavy atom. The first-order chi connectivity index (χ1) is 16.3. The van der Waals surface area contributed by atoms with E-state index in [0.717, 1.165) is 18.9 Å². The molecule has 0 saturated carbocycles. The van der Waals surface area contributed by atoms with Crippen molar-refractivity contribution < 1.29 is 22.7 Å². The van der Waals surface area contributed by atoms with Crippen molar-refractivity contribution in [1.29, 1.82) is 0 Å². The highest BCUT2D eigenvalue weighted by atomic mass is 19.3. The van der Waals surface area contributed by atoms with Crippen molar-refractivity contribution in [3.63, 3.8) is 0 Å². The van der Waals surface area contributed by atoms with Crippen LogP contribution in [0.4, 0.5) is 19.0 Å². The summed E-state index contributed by atoms with van der Waals surface area (Å²) in [5.74, 6) is -1.14. The normalized spacial score (nSPS) is 19.7. The first-order valence-electron chi connectivity index (χ1n) is 10.9. The topological polar surface area (TPSA) is 89.4 Å². The van der Waals surface area contributed by atoms with Crippen LogP contribution in [0.25, 0.3) is 11.0 Å². The molecule has 1 N–H and O–H groups in total. The largest absolute Gasteiger partial charge is 0.371 e. The minimum Gasteiger partial charge on any atom is -0.371 e. The average Bonchev–Trinajstić information content (AvgIpc) is 3.17. The quantitative estimate of drug-likeness (QED) is 0.613. The number of likely N-dealkylation sites (tertiary alicyclic amines) is 1. The number of ether oxygens (including phenoxy) is 1. The minimum absolute atomic E-state index is 0.0218. The number of benzene rings is 1. The molecule has 5 rings (SSSR count). The van der Waals surface area contributed by atoms with Gasteiger partial charge in [-0.1, -0.05) is 18.2 Å². The lowest BCUT2D eigenvalue weighted by atomic mass is 10.1. The number of carbonyl (C=O) groups is 1. The number of alkyl halides is 2. The molecule has 0 spiro atoms. The average molecular weight is 473 g/mol. The molecule has 1 amide bonds. The molecule has 0 radical (unpaired) electrons. The minimum atomic E-state index is -2.93. The first-order valence-corrected chi connectivity index (χ1v) is 10.9. The fourth-order valence-corrected chi connectivity index (χ4v) is 4.60. The number of halogens is 3. The molecule has 34 heavy (non-hydrogen) atoms. The van der Waals surface area contributed by atoms with E-state index in [-0.39, 0.29) is 41.3 Å². The van der Waals surface area contributed by atoms with Gasteiger partial charge in [0.2, 0.25) is 0 Å². The molecule has 0 aliphatic carbocycles. The number of anilines is 1. The highest BCUT2D eigenvalue weighted by molar-refractivity contribution is 5.99. The molecule has 8 nitrogen and oxygen atoms in total. The van der Waals surface area contributed by atoms with Gasteiger partial charge < -0.3 is 15.0 Å². The van der Waals surface area contributed by atoms with Crippen LogP contribution in [0.5, 0.6) is 0 Å². The molecule has 2 aromatic heterocycles. The highest BCUT2D eigenvalue weighted by Crippen LogP contribution is 2.28. The molecule has 1 aromatic carbocycles. The molecule has 178 valence electrons. The zero-order valence-corrected chi connectivity index (χ0v) is 18.3. The number of carbonyl (C=O) groups excluding carboxylic acids is 1. The van der Waals surface area contributed by atoms with Gasteiger partial charge in [0.25, 0.3) is 17.9 Å². The molecule has 2 atom stereocenters. The summed E-state index contributed by atoms with van der Waals surface area (Å²) in [4.78, 5) is 36.2. The van der Waals surface area contributed by atoms with Crippen LogP contribution in [-0.4, -0.2) is 50.6 Å². The molecular weight excluding hydrogens is 451 g/mol. The third-order valence-corrected chi connectivity index (χ3v) is 6.36. The number of fused-ring (bicyclic) bond motifs is 3. The SMILES string of the molecule is Cn1c(=O)c(C(=O)N2CC3CCC(C2)O3)cc2c(NCc3cccc(C(F)F)c3F)ncnc21. The molecular formula is C23H22F3N5O3. The van der Waals surface area contributed by atoms with Crippen LogP contribution in [0.1, 0.15) is 40.8 Å². The van der Waals surface area contributed by atoms with Gasteiger partial charge in [-0.2, -0.15) is 0 Å². The zero-order chi connectivity index (χ0) is 24.0. The molecule has 11 heteroatoms. The van der Waals surface area contributed by atoms with Crippen LogP contribution >= 0.6 is 0 Å². The second-order valence-corrected chi connectivity index (χ2v) is 8.52. The standard InChI is InChI=1S/C23H22F3N5O3/c1-30-21-16(7-17(22(30)32)23(33)31-9-13-5-6-14(10-31)34-13)20(28-11-29-21)27-8-12-3-2-4-15(18(12)24)19(25)26/h2-4,7,11,13-14,19H,5-6,8-10H2,1H3,(H,27,28,29). The van der Waals surface area contributed by atoms with Crippen molar-refractivity contribution >= 4 is 22.8 Å². The van der Waals surface area contributed by atoms with E-state index >= 15 is 0 Å². The van der Waals surface area contributed by atoms with Gasteiger partial charge in [-0.05, 0) is 18.9 Å². The van der Waals surface area contributed by atoms with Crippen molar-refractivity contribution in [3.8, 4) is 0 Å². The lowest BCUT2D eigenvalue weighted by Crippen LogP contribution is -2.47. The lowest BCUT2D eigenvalue weighted by molar-refractivity contribution is -0.0304. The van der Waals surface area contributed by atoms with Crippen molar-refractivity contribution in [2.45, 2.75) is 38.0 Å². The molecule has 2 fully saturated rings. The second-order valence-electron chi connectivity index (χ2n) is 8.52. The zero-order valence-electron chi connectivity index (χ0n) is 18.3. The van der Waals surface area contributed by atoms with E-state index in [1.54, 1.807) is 4.90 Å². The van der Waals surface area contributed by atoms with E-state index in [2.05, 4.69) is 15.3 Å². The predicted molar refractivity (Wildman–Crippen MR) is 117 cm³/mol. The highest BCUT2D eigenvalue weighted by Gasteiger charge is 2.36. The monoisotopic (exact) mass is 473 g/mol. The third kappa shape index (κ3) is 3.89. The number of morpholine rings is 1. The Morgan fingerprint density at radius 3 is 2.68 bits per heavy atom. The van der Waals surface area contributed by atoms with Gasteiger partial charge in [-0.3, -0.25) is 14.2 Å². The van der Waals surface area contributed by atoms with Crippen LogP contribution in [-0.2, 0) is 18.3 Å². The fraction of sp³-hybridized carbons (Fsp3) is 0.391. The van der Waals surface area contributed by atoms with E-state index in [1.807, 2.05) is 0 Å². The van der Waals surface area contributed by atoms with Gasteiger partial charge in [0.15, 0.2) is 0 Å². The Labute approximate surface area is 192 Å². The van der Waals surface area contributed by atoms with Gasteiger partial charge >= 0.3 is 0 Å². The predicted octanol–water partition coefficient (Wildman–Crippen LogP) is 3.02. The van der Waals surface area contributed by atoms with Crippen molar-refractivity contribution in [3.05, 3.63) is 63.5 Å². The molecule has 3 aromatic rings. The van der Waals surface area contributed by atoms with E-state index < -0.39 is 29.3 Å². The Morgan fingerprint density at radius 1 is 1.24 bits per heavy atom.